The minimum atomic E-state index is -0.351. The summed E-state index contributed by atoms with van der Waals surface area (Å²) in [6.45, 7) is 0. The van der Waals surface area contributed by atoms with Crippen molar-refractivity contribution < 1.29 is 9.63 Å². The Balaban J connectivity index is 2.20. The summed E-state index contributed by atoms with van der Waals surface area (Å²) in [7, 11) is 1.52. The maximum atomic E-state index is 12.5. The van der Waals surface area contributed by atoms with Gasteiger partial charge in [-0.05, 0) is 30.5 Å². The van der Waals surface area contributed by atoms with Crippen LogP contribution in [0.5, 0.6) is 0 Å². The van der Waals surface area contributed by atoms with E-state index in [0.717, 1.165) is 36.9 Å². The van der Waals surface area contributed by atoms with E-state index in [0.29, 0.717) is 5.02 Å². The third kappa shape index (κ3) is 1.36. The van der Waals surface area contributed by atoms with Crippen molar-refractivity contribution in [2.24, 2.45) is 0 Å². The SMILES string of the molecule is CON1C(=O)C2(CCCC2)c2ccc(Cl)cc21. The van der Waals surface area contributed by atoms with Crippen LogP contribution in [0.3, 0.4) is 0 Å². The van der Waals surface area contributed by atoms with Gasteiger partial charge in [-0.15, -0.1) is 0 Å². The number of carbonyl (C=O) groups excluding carboxylic acids is 1. The monoisotopic (exact) mass is 251 g/mol. The molecule has 0 radical (unpaired) electrons. The van der Waals surface area contributed by atoms with Gasteiger partial charge in [0.2, 0.25) is 0 Å². The Morgan fingerprint density at radius 3 is 2.71 bits per heavy atom. The predicted molar refractivity (Wildman–Crippen MR) is 66.1 cm³/mol. The number of benzene rings is 1. The fourth-order valence-electron chi connectivity index (χ4n) is 3.14. The summed E-state index contributed by atoms with van der Waals surface area (Å²) in [5, 5.41) is 2.03. The van der Waals surface area contributed by atoms with E-state index < -0.39 is 0 Å². The van der Waals surface area contributed by atoms with Crippen molar-refractivity contribution in [2.45, 2.75) is 31.1 Å². The Bertz CT molecular complexity index is 480. The molecule has 1 heterocycles. The van der Waals surface area contributed by atoms with Gasteiger partial charge in [0.15, 0.2) is 0 Å². The standard InChI is InChI=1S/C13H14ClNO2/c1-17-15-11-8-9(14)4-5-10(11)13(12(15)16)6-2-3-7-13/h4-5,8H,2-3,6-7H2,1H3. The molecule has 0 aromatic heterocycles. The van der Waals surface area contributed by atoms with Gasteiger partial charge in [0.05, 0.1) is 18.2 Å². The van der Waals surface area contributed by atoms with Crippen LogP contribution in [0.1, 0.15) is 31.2 Å². The average molecular weight is 252 g/mol. The molecule has 0 unspecified atom stereocenters. The molecule has 3 nitrogen and oxygen atoms in total. The van der Waals surface area contributed by atoms with Crippen LogP contribution >= 0.6 is 11.6 Å². The van der Waals surface area contributed by atoms with Crippen LogP contribution in [0.25, 0.3) is 0 Å². The Morgan fingerprint density at radius 1 is 1.35 bits per heavy atom. The summed E-state index contributed by atoms with van der Waals surface area (Å²) in [6, 6.07) is 5.64. The highest BCUT2D eigenvalue weighted by Crippen LogP contribution is 2.51. The molecule has 0 atom stereocenters. The molecular weight excluding hydrogens is 238 g/mol. The van der Waals surface area contributed by atoms with Crippen LogP contribution < -0.4 is 5.06 Å². The van der Waals surface area contributed by atoms with Crippen molar-refractivity contribution in [2.75, 3.05) is 12.2 Å². The van der Waals surface area contributed by atoms with Gasteiger partial charge in [-0.1, -0.05) is 30.5 Å². The van der Waals surface area contributed by atoms with Crippen LogP contribution in [0.15, 0.2) is 18.2 Å². The van der Waals surface area contributed by atoms with Gasteiger partial charge in [0.25, 0.3) is 5.91 Å². The first kappa shape index (κ1) is 11.1. The summed E-state index contributed by atoms with van der Waals surface area (Å²) in [4.78, 5) is 17.7. The molecule has 0 bridgehead atoms. The van der Waals surface area contributed by atoms with E-state index in [1.54, 1.807) is 0 Å². The minimum absolute atomic E-state index is 0.0646. The Kier molecular flexibility index (Phi) is 2.42. The molecule has 2 aliphatic rings. The van der Waals surface area contributed by atoms with Crippen molar-refractivity contribution >= 4 is 23.2 Å². The predicted octanol–water partition coefficient (Wildman–Crippen LogP) is 3.06. The summed E-state index contributed by atoms with van der Waals surface area (Å²) in [6.07, 6.45) is 4.04. The van der Waals surface area contributed by atoms with Gasteiger partial charge >= 0.3 is 0 Å². The lowest BCUT2D eigenvalue weighted by atomic mass is 9.80. The van der Waals surface area contributed by atoms with E-state index in [1.807, 2.05) is 18.2 Å². The van der Waals surface area contributed by atoms with Gasteiger partial charge in [0.1, 0.15) is 0 Å². The smallest absolute Gasteiger partial charge is 0.261 e. The van der Waals surface area contributed by atoms with Crippen LogP contribution in [-0.4, -0.2) is 13.0 Å². The molecule has 1 aromatic carbocycles. The van der Waals surface area contributed by atoms with E-state index in [-0.39, 0.29) is 11.3 Å². The number of hydrogen-bond donors (Lipinski definition) is 0. The van der Waals surface area contributed by atoms with Crippen LogP contribution in [0.4, 0.5) is 5.69 Å². The van der Waals surface area contributed by atoms with E-state index in [4.69, 9.17) is 16.4 Å². The van der Waals surface area contributed by atoms with Crippen LogP contribution in [0, 0.1) is 0 Å². The number of carbonyl (C=O) groups is 1. The van der Waals surface area contributed by atoms with Gasteiger partial charge in [-0.2, -0.15) is 5.06 Å². The van der Waals surface area contributed by atoms with Crippen molar-refractivity contribution in [1.29, 1.82) is 0 Å². The average Bonchev–Trinajstić information content (AvgIpc) is 2.87. The highest BCUT2D eigenvalue weighted by Gasteiger charge is 2.52. The lowest BCUT2D eigenvalue weighted by molar-refractivity contribution is -0.128. The molecule has 1 aliphatic carbocycles. The zero-order valence-electron chi connectivity index (χ0n) is 9.70. The number of anilines is 1. The maximum absolute atomic E-state index is 12.5. The molecule has 1 fully saturated rings. The van der Waals surface area contributed by atoms with Crippen molar-refractivity contribution in [1.82, 2.24) is 0 Å². The molecule has 3 rings (SSSR count). The molecule has 1 aromatic rings. The van der Waals surface area contributed by atoms with Crippen molar-refractivity contribution in [3.05, 3.63) is 28.8 Å². The number of rotatable bonds is 1. The second-order valence-corrected chi connectivity index (χ2v) is 5.17. The van der Waals surface area contributed by atoms with Crippen molar-refractivity contribution in [3.63, 3.8) is 0 Å². The first-order chi connectivity index (χ1) is 8.19. The first-order valence-corrected chi connectivity index (χ1v) is 6.25. The highest BCUT2D eigenvalue weighted by molar-refractivity contribution is 6.31. The van der Waals surface area contributed by atoms with Gasteiger partial charge in [-0.3, -0.25) is 9.63 Å². The summed E-state index contributed by atoms with van der Waals surface area (Å²) >= 11 is 5.99. The Labute approximate surface area is 105 Å². The normalized spacial score (nSPS) is 21.3. The van der Waals surface area contributed by atoms with E-state index in [2.05, 4.69) is 0 Å². The fraction of sp³-hybridized carbons (Fsp3) is 0.462. The van der Waals surface area contributed by atoms with E-state index >= 15 is 0 Å². The number of nitrogens with zero attached hydrogens (tertiary/aromatic N) is 1. The van der Waals surface area contributed by atoms with Gasteiger partial charge < -0.3 is 0 Å². The Morgan fingerprint density at radius 2 is 2.06 bits per heavy atom. The minimum Gasteiger partial charge on any atom is -0.271 e. The molecule has 0 saturated heterocycles. The van der Waals surface area contributed by atoms with Crippen LogP contribution in [-0.2, 0) is 15.0 Å². The van der Waals surface area contributed by atoms with E-state index in [1.165, 1.54) is 12.2 Å². The van der Waals surface area contributed by atoms with Gasteiger partial charge in [0, 0.05) is 5.02 Å². The lowest BCUT2D eigenvalue weighted by Gasteiger charge is -2.21. The second kappa shape index (κ2) is 3.72. The topological polar surface area (TPSA) is 29.5 Å². The molecule has 4 heteroatoms. The summed E-state index contributed by atoms with van der Waals surface area (Å²) in [5.41, 5.74) is 1.54. The second-order valence-electron chi connectivity index (χ2n) is 4.73. The maximum Gasteiger partial charge on any atom is 0.261 e. The molecule has 1 saturated carbocycles. The molecule has 0 N–H and O–H groups in total. The quantitative estimate of drug-likeness (QED) is 0.768. The number of amides is 1. The summed E-state index contributed by atoms with van der Waals surface area (Å²) < 4.78 is 0. The third-order valence-corrected chi connectivity index (χ3v) is 4.16. The number of hydroxylamine groups is 1. The fourth-order valence-corrected chi connectivity index (χ4v) is 3.31. The lowest BCUT2D eigenvalue weighted by Crippen LogP contribution is -2.37. The van der Waals surface area contributed by atoms with Crippen LogP contribution in [0.2, 0.25) is 5.02 Å². The van der Waals surface area contributed by atoms with Crippen molar-refractivity contribution in [3.8, 4) is 0 Å². The molecule has 1 spiro atoms. The number of halogens is 1. The largest absolute Gasteiger partial charge is 0.271 e. The zero-order chi connectivity index (χ0) is 12.0. The molecule has 1 amide bonds. The Hall–Kier alpha value is -1.06. The zero-order valence-corrected chi connectivity index (χ0v) is 10.5. The molecule has 1 aliphatic heterocycles. The summed E-state index contributed by atoms with van der Waals surface area (Å²) in [5.74, 6) is 0.0646. The molecular formula is C13H14ClNO2. The van der Waals surface area contributed by atoms with Gasteiger partial charge in [-0.25, -0.2) is 0 Å². The molecule has 90 valence electrons. The highest BCUT2D eigenvalue weighted by atomic mass is 35.5. The number of fused-ring (bicyclic) bond motifs is 2. The number of hydrogen-bond acceptors (Lipinski definition) is 2. The third-order valence-electron chi connectivity index (χ3n) is 3.93. The van der Waals surface area contributed by atoms with E-state index in [9.17, 15) is 4.79 Å². The first-order valence-electron chi connectivity index (χ1n) is 5.88. The molecule has 17 heavy (non-hydrogen) atoms.